The first-order valence-electron chi connectivity index (χ1n) is 6.07. The topological polar surface area (TPSA) is 76.5 Å². The third kappa shape index (κ3) is 1.85. The highest BCUT2D eigenvalue weighted by atomic mass is 16.6. The van der Waals surface area contributed by atoms with Crippen molar-refractivity contribution < 1.29 is 14.4 Å². The Hall–Kier alpha value is -2.66. The number of benzene rings is 2. The molecule has 0 fully saturated rings. The highest BCUT2D eigenvalue weighted by Gasteiger charge is 2.26. The molecule has 0 spiro atoms. The molecule has 0 atom stereocenters. The van der Waals surface area contributed by atoms with Gasteiger partial charge in [-0.2, -0.15) is 0 Å². The zero-order valence-electron chi connectivity index (χ0n) is 10.4. The summed E-state index contributed by atoms with van der Waals surface area (Å²) in [6, 6.07) is 14.3. The first-order chi connectivity index (χ1) is 9.72. The molecule has 3 rings (SSSR count). The van der Waals surface area contributed by atoms with Gasteiger partial charge in [-0.05, 0) is 5.56 Å². The van der Waals surface area contributed by atoms with Crippen LogP contribution in [0.2, 0.25) is 0 Å². The van der Waals surface area contributed by atoms with E-state index in [1.165, 1.54) is 0 Å². The number of aliphatic hydroxyl groups is 1. The average Bonchev–Trinajstić information content (AvgIpc) is 2.87. The summed E-state index contributed by atoms with van der Waals surface area (Å²) in [4.78, 5) is 10.7. The lowest BCUT2D eigenvalue weighted by Crippen LogP contribution is -1.87. The Kier molecular flexibility index (Phi) is 2.96. The molecule has 0 aliphatic heterocycles. The minimum atomic E-state index is -0.538. The van der Waals surface area contributed by atoms with Gasteiger partial charge in [-0.25, -0.2) is 0 Å². The molecule has 0 saturated heterocycles. The van der Waals surface area contributed by atoms with Crippen LogP contribution in [0.1, 0.15) is 5.56 Å². The third-order valence-corrected chi connectivity index (χ3v) is 3.18. The van der Waals surface area contributed by atoms with Crippen LogP contribution in [-0.2, 0) is 6.61 Å². The first kappa shape index (κ1) is 12.4. The van der Waals surface area contributed by atoms with Gasteiger partial charge in [-0.1, -0.05) is 48.5 Å². The smallest absolute Gasteiger partial charge is 0.400 e. The summed E-state index contributed by atoms with van der Waals surface area (Å²) in [5, 5.41) is 21.2. The van der Waals surface area contributed by atoms with Crippen molar-refractivity contribution in [2.45, 2.75) is 6.61 Å². The van der Waals surface area contributed by atoms with Crippen LogP contribution < -0.4 is 0 Å². The van der Waals surface area contributed by atoms with Crippen LogP contribution in [0.25, 0.3) is 22.1 Å². The van der Waals surface area contributed by atoms with Crippen molar-refractivity contribution in [3.63, 3.8) is 0 Å². The number of hydrogen-bond donors (Lipinski definition) is 1. The number of nitro groups is 1. The van der Waals surface area contributed by atoms with E-state index in [0.29, 0.717) is 27.7 Å². The second-order valence-electron chi connectivity index (χ2n) is 4.36. The molecule has 5 nitrogen and oxygen atoms in total. The highest BCUT2D eigenvalue weighted by Crippen LogP contribution is 2.40. The molecule has 0 aliphatic rings. The van der Waals surface area contributed by atoms with Gasteiger partial charge in [0.25, 0.3) is 0 Å². The van der Waals surface area contributed by atoms with Crippen molar-refractivity contribution in [2.24, 2.45) is 0 Å². The lowest BCUT2D eigenvalue weighted by Gasteiger charge is -1.98. The summed E-state index contributed by atoms with van der Waals surface area (Å²) in [5.41, 5.74) is 2.06. The summed E-state index contributed by atoms with van der Waals surface area (Å²) in [5.74, 6) is -0.299. The van der Waals surface area contributed by atoms with E-state index in [1.807, 2.05) is 18.2 Å². The summed E-state index contributed by atoms with van der Waals surface area (Å²) in [6.07, 6.45) is 0. The Labute approximate surface area is 114 Å². The van der Waals surface area contributed by atoms with E-state index in [-0.39, 0.29) is 12.5 Å². The van der Waals surface area contributed by atoms with Crippen molar-refractivity contribution in [1.29, 1.82) is 0 Å². The molecule has 0 radical (unpaired) electrons. The lowest BCUT2D eigenvalue weighted by molar-refractivity contribution is -0.400. The van der Waals surface area contributed by atoms with Gasteiger partial charge in [0.1, 0.15) is 16.1 Å². The lowest BCUT2D eigenvalue weighted by atomic mass is 10.0. The molecule has 2 aromatic carbocycles. The minimum Gasteiger partial charge on any atom is -0.400 e. The molecule has 0 amide bonds. The van der Waals surface area contributed by atoms with E-state index >= 15 is 0 Å². The van der Waals surface area contributed by atoms with E-state index in [9.17, 15) is 15.2 Å². The van der Waals surface area contributed by atoms with Gasteiger partial charge in [-0.3, -0.25) is 10.1 Å². The zero-order chi connectivity index (χ0) is 14.1. The first-order valence-corrected chi connectivity index (χ1v) is 6.07. The largest absolute Gasteiger partial charge is 0.442 e. The summed E-state index contributed by atoms with van der Waals surface area (Å²) >= 11 is 0. The number of aliphatic hydroxyl groups excluding tert-OH is 1. The Morgan fingerprint density at radius 1 is 1.10 bits per heavy atom. The molecule has 1 N–H and O–H groups in total. The van der Waals surface area contributed by atoms with E-state index in [0.717, 1.165) is 0 Å². The second kappa shape index (κ2) is 4.79. The van der Waals surface area contributed by atoms with Crippen LogP contribution in [0.4, 0.5) is 5.88 Å². The van der Waals surface area contributed by atoms with Gasteiger partial charge in [-0.15, -0.1) is 0 Å². The van der Waals surface area contributed by atoms with Crippen LogP contribution in [0.5, 0.6) is 0 Å². The number of fused-ring (bicyclic) bond motifs is 1. The molecule has 100 valence electrons. The van der Waals surface area contributed by atoms with Crippen molar-refractivity contribution in [3.8, 4) is 11.1 Å². The van der Waals surface area contributed by atoms with Crippen LogP contribution in [0.15, 0.2) is 52.9 Å². The molecule has 1 heterocycles. The van der Waals surface area contributed by atoms with Gasteiger partial charge in [0.2, 0.25) is 0 Å². The molecule has 1 aromatic heterocycles. The number of hydrogen-bond acceptors (Lipinski definition) is 4. The monoisotopic (exact) mass is 269 g/mol. The van der Waals surface area contributed by atoms with Crippen LogP contribution in [0, 0.1) is 10.1 Å². The van der Waals surface area contributed by atoms with Gasteiger partial charge in [0.05, 0.1) is 6.61 Å². The third-order valence-electron chi connectivity index (χ3n) is 3.18. The van der Waals surface area contributed by atoms with Gasteiger partial charge in [0, 0.05) is 10.9 Å². The number of furan rings is 1. The number of rotatable bonds is 3. The molecule has 0 saturated carbocycles. The van der Waals surface area contributed by atoms with Crippen LogP contribution in [0.3, 0.4) is 0 Å². The molecule has 0 aliphatic carbocycles. The fourth-order valence-electron chi connectivity index (χ4n) is 2.30. The molecule has 3 aromatic rings. The molecular formula is C15H11NO4. The van der Waals surface area contributed by atoms with E-state index in [1.54, 1.807) is 30.3 Å². The van der Waals surface area contributed by atoms with Gasteiger partial charge >= 0.3 is 5.88 Å². The minimum absolute atomic E-state index is 0.226. The van der Waals surface area contributed by atoms with Crippen LogP contribution in [-0.4, -0.2) is 10.0 Å². The Morgan fingerprint density at radius 2 is 1.85 bits per heavy atom. The number of para-hydroxylation sites is 1. The predicted octanol–water partition coefficient (Wildman–Crippen LogP) is 3.50. The molecule has 0 bridgehead atoms. The average molecular weight is 269 g/mol. The van der Waals surface area contributed by atoms with Crippen molar-refractivity contribution in [1.82, 2.24) is 0 Å². The molecule has 20 heavy (non-hydrogen) atoms. The zero-order valence-corrected chi connectivity index (χ0v) is 10.4. The van der Waals surface area contributed by atoms with E-state index in [2.05, 4.69) is 0 Å². The van der Waals surface area contributed by atoms with Gasteiger partial charge < -0.3 is 9.52 Å². The Bertz CT molecular complexity index is 777. The van der Waals surface area contributed by atoms with E-state index < -0.39 is 4.92 Å². The maximum atomic E-state index is 11.2. The Balaban J connectivity index is 2.40. The van der Waals surface area contributed by atoms with Gasteiger partial charge in [0.15, 0.2) is 0 Å². The standard InChI is InChI=1S/C15H11NO4/c17-9-11-7-4-8-12-13(10-5-2-1-3-6-10)15(16(18)19)20-14(11)12/h1-8,17H,9H2. The fourth-order valence-corrected chi connectivity index (χ4v) is 2.30. The second-order valence-corrected chi connectivity index (χ2v) is 4.36. The molecular weight excluding hydrogens is 258 g/mol. The highest BCUT2D eigenvalue weighted by molar-refractivity contribution is 5.99. The molecule has 0 unspecified atom stereocenters. The Morgan fingerprint density at radius 3 is 2.50 bits per heavy atom. The predicted molar refractivity (Wildman–Crippen MR) is 74.2 cm³/mol. The van der Waals surface area contributed by atoms with Crippen LogP contribution >= 0.6 is 0 Å². The normalized spacial score (nSPS) is 10.8. The van der Waals surface area contributed by atoms with Crippen molar-refractivity contribution in [3.05, 3.63) is 64.2 Å². The maximum Gasteiger partial charge on any atom is 0.442 e. The summed E-state index contributed by atoms with van der Waals surface area (Å²) in [6.45, 7) is -0.226. The van der Waals surface area contributed by atoms with Crippen molar-refractivity contribution in [2.75, 3.05) is 0 Å². The summed E-state index contributed by atoms with van der Waals surface area (Å²) < 4.78 is 5.38. The number of nitrogens with zero attached hydrogens (tertiary/aromatic N) is 1. The quantitative estimate of drug-likeness (QED) is 0.583. The maximum absolute atomic E-state index is 11.2. The van der Waals surface area contributed by atoms with E-state index in [4.69, 9.17) is 4.42 Å². The van der Waals surface area contributed by atoms with Crippen molar-refractivity contribution >= 4 is 16.9 Å². The fraction of sp³-hybridized carbons (Fsp3) is 0.0667. The molecule has 5 heteroatoms. The summed E-state index contributed by atoms with van der Waals surface area (Å²) in [7, 11) is 0. The SMILES string of the molecule is O=[N+]([O-])c1oc2c(CO)cccc2c1-c1ccccc1.